The molecule has 2 unspecified atom stereocenters. The van der Waals surface area contributed by atoms with E-state index in [9.17, 15) is 4.21 Å². The number of nitrogens with one attached hydrogen (secondary N) is 1. The minimum atomic E-state index is -0.998. The molecule has 1 fully saturated rings. The Kier molecular flexibility index (Phi) is 5.31. The average Bonchev–Trinajstić information content (AvgIpc) is 2.71. The Balaban J connectivity index is 0.00000128. The van der Waals surface area contributed by atoms with E-state index in [2.05, 4.69) is 15.3 Å². The fraction of sp³-hybridized carbons (Fsp3) is 0.600. The number of halogens is 1. The van der Waals surface area contributed by atoms with Gasteiger partial charge < -0.3 is 5.32 Å². The second-order valence-corrected chi connectivity index (χ2v) is 5.23. The molecular formula is C10H16ClN3OS. The summed E-state index contributed by atoms with van der Waals surface area (Å²) < 4.78 is 12.0. The maximum absolute atomic E-state index is 12.0. The number of aryl methyl sites for hydroxylation is 1. The summed E-state index contributed by atoms with van der Waals surface area (Å²) in [4.78, 5) is 8.24. The third kappa shape index (κ3) is 3.23. The minimum Gasteiger partial charge on any atom is -0.316 e. The summed E-state index contributed by atoms with van der Waals surface area (Å²) in [6, 6.07) is 0. The summed E-state index contributed by atoms with van der Waals surface area (Å²) in [7, 11) is -0.998. The predicted octanol–water partition coefficient (Wildman–Crippen LogP) is 0.924. The van der Waals surface area contributed by atoms with Gasteiger partial charge in [0.25, 0.3) is 0 Å². The molecule has 2 heterocycles. The van der Waals surface area contributed by atoms with E-state index in [1.807, 2.05) is 6.92 Å². The van der Waals surface area contributed by atoms with Crippen molar-refractivity contribution in [2.24, 2.45) is 5.92 Å². The Morgan fingerprint density at radius 2 is 2.25 bits per heavy atom. The average molecular weight is 262 g/mol. The molecule has 16 heavy (non-hydrogen) atoms. The van der Waals surface area contributed by atoms with Gasteiger partial charge in [-0.05, 0) is 32.4 Å². The zero-order valence-corrected chi connectivity index (χ0v) is 10.8. The smallest absolute Gasteiger partial charge is 0.148 e. The van der Waals surface area contributed by atoms with Gasteiger partial charge in [0, 0.05) is 18.1 Å². The van der Waals surface area contributed by atoms with Crippen LogP contribution in [0.5, 0.6) is 0 Å². The van der Waals surface area contributed by atoms with Crippen LogP contribution in [0.3, 0.4) is 0 Å². The second-order valence-electron chi connectivity index (χ2n) is 3.82. The molecule has 0 amide bonds. The molecule has 6 heteroatoms. The first-order valence-corrected chi connectivity index (χ1v) is 6.46. The Morgan fingerprint density at radius 3 is 2.88 bits per heavy atom. The molecule has 1 N–H and O–H groups in total. The van der Waals surface area contributed by atoms with Gasteiger partial charge in [-0.2, -0.15) is 0 Å². The van der Waals surface area contributed by atoms with Crippen LogP contribution in [0.4, 0.5) is 0 Å². The predicted molar refractivity (Wildman–Crippen MR) is 66.3 cm³/mol. The molecule has 0 aromatic carbocycles. The topological polar surface area (TPSA) is 54.9 Å². The first-order chi connectivity index (χ1) is 7.27. The molecule has 1 aliphatic heterocycles. The van der Waals surface area contributed by atoms with Gasteiger partial charge in [-0.3, -0.25) is 9.19 Å². The first-order valence-electron chi connectivity index (χ1n) is 5.14. The van der Waals surface area contributed by atoms with Crippen LogP contribution in [-0.2, 0) is 10.8 Å². The van der Waals surface area contributed by atoms with E-state index in [0.717, 1.165) is 25.2 Å². The number of rotatable bonds is 3. The van der Waals surface area contributed by atoms with Gasteiger partial charge in [0.15, 0.2) is 0 Å². The molecule has 2 rings (SSSR count). The number of nitrogens with zero attached hydrogens (tertiary/aromatic N) is 2. The van der Waals surface area contributed by atoms with Crippen LogP contribution in [0, 0.1) is 12.8 Å². The SMILES string of the molecule is Cc1nccnc1S(=O)CC1CCNC1.Cl. The van der Waals surface area contributed by atoms with Gasteiger partial charge in [0.2, 0.25) is 0 Å². The number of aromatic nitrogens is 2. The molecule has 0 bridgehead atoms. The van der Waals surface area contributed by atoms with E-state index >= 15 is 0 Å². The molecule has 90 valence electrons. The summed E-state index contributed by atoms with van der Waals surface area (Å²) >= 11 is 0. The van der Waals surface area contributed by atoms with Crippen molar-refractivity contribution in [3.63, 3.8) is 0 Å². The zero-order chi connectivity index (χ0) is 10.7. The van der Waals surface area contributed by atoms with Crippen molar-refractivity contribution in [2.45, 2.75) is 18.4 Å². The highest BCUT2D eigenvalue weighted by atomic mass is 35.5. The molecule has 0 spiro atoms. The van der Waals surface area contributed by atoms with E-state index in [4.69, 9.17) is 0 Å². The normalized spacial score (nSPS) is 21.4. The lowest BCUT2D eigenvalue weighted by atomic mass is 10.2. The van der Waals surface area contributed by atoms with Crippen molar-refractivity contribution in [1.82, 2.24) is 15.3 Å². The van der Waals surface area contributed by atoms with Gasteiger partial charge >= 0.3 is 0 Å². The van der Waals surface area contributed by atoms with Crippen molar-refractivity contribution in [2.75, 3.05) is 18.8 Å². The van der Waals surface area contributed by atoms with Crippen LogP contribution < -0.4 is 5.32 Å². The molecule has 0 aliphatic carbocycles. The third-order valence-electron chi connectivity index (χ3n) is 2.60. The fourth-order valence-electron chi connectivity index (χ4n) is 1.77. The van der Waals surface area contributed by atoms with Crippen molar-refractivity contribution >= 4 is 23.2 Å². The number of hydrogen-bond donors (Lipinski definition) is 1. The fourth-order valence-corrected chi connectivity index (χ4v) is 3.20. The van der Waals surface area contributed by atoms with Crippen LogP contribution in [-0.4, -0.2) is 33.0 Å². The second kappa shape index (κ2) is 6.27. The van der Waals surface area contributed by atoms with Crippen LogP contribution >= 0.6 is 12.4 Å². The monoisotopic (exact) mass is 261 g/mol. The molecular weight excluding hydrogens is 246 g/mol. The van der Waals surface area contributed by atoms with E-state index in [0.29, 0.717) is 16.7 Å². The summed E-state index contributed by atoms with van der Waals surface area (Å²) in [5.74, 6) is 1.22. The summed E-state index contributed by atoms with van der Waals surface area (Å²) in [5, 5.41) is 3.92. The Hall–Kier alpha value is -0.520. The Bertz CT molecular complexity index is 369. The standard InChI is InChI=1S/C10H15N3OS.ClH/c1-8-10(13-5-4-12-8)15(14)7-9-2-3-11-6-9;/h4-5,9,11H,2-3,6-7H2,1H3;1H. The molecule has 1 aromatic rings. The molecule has 1 aliphatic rings. The Morgan fingerprint density at radius 1 is 1.50 bits per heavy atom. The first kappa shape index (κ1) is 13.5. The summed E-state index contributed by atoms with van der Waals surface area (Å²) in [6.45, 7) is 3.87. The molecule has 4 nitrogen and oxygen atoms in total. The highest BCUT2D eigenvalue weighted by Crippen LogP contribution is 2.14. The summed E-state index contributed by atoms with van der Waals surface area (Å²) in [6.07, 6.45) is 4.35. The van der Waals surface area contributed by atoms with E-state index in [1.165, 1.54) is 0 Å². The zero-order valence-electron chi connectivity index (χ0n) is 9.18. The van der Waals surface area contributed by atoms with E-state index < -0.39 is 10.8 Å². The van der Waals surface area contributed by atoms with Crippen molar-refractivity contribution < 1.29 is 4.21 Å². The largest absolute Gasteiger partial charge is 0.316 e. The van der Waals surface area contributed by atoms with E-state index in [-0.39, 0.29) is 12.4 Å². The van der Waals surface area contributed by atoms with Crippen molar-refractivity contribution in [3.8, 4) is 0 Å². The van der Waals surface area contributed by atoms with Crippen molar-refractivity contribution in [3.05, 3.63) is 18.1 Å². The van der Waals surface area contributed by atoms with Crippen LogP contribution in [0.15, 0.2) is 17.4 Å². The molecule has 0 radical (unpaired) electrons. The van der Waals surface area contributed by atoms with Gasteiger partial charge in [-0.1, -0.05) is 0 Å². The number of hydrogen-bond acceptors (Lipinski definition) is 4. The van der Waals surface area contributed by atoms with Gasteiger partial charge in [-0.25, -0.2) is 4.98 Å². The quantitative estimate of drug-likeness (QED) is 0.879. The van der Waals surface area contributed by atoms with Crippen molar-refractivity contribution in [1.29, 1.82) is 0 Å². The molecule has 1 aromatic heterocycles. The van der Waals surface area contributed by atoms with Crippen LogP contribution in [0.1, 0.15) is 12.1 Å². The van der Waals surface area contributed by atoms with Gasteiger partial charge in [0.05, 0.1) is 16.5 Å². The molecule has 1 saturated heterocycles. The molecule has 2 atom stereocenters. The van der Waals surface area contributed by atoms with Crippen LogP contribution in [0.25, 0.3) is 0 Å². The third-order valence-corrected chi connectivity index (χ3v) is 4.21. The lowest BCUT2D eigenvalue weighted by molar-refractivity contribution is 0.630. The maximum atomic E-state index is 12.0. The summed E-state index contributed by atoms with van der Waals surface area (Å²) in [5.41, 5.74) is 0.779. The van der Waals surface area contributed by atoms with Crippen LogP contribution in [0.2, 0.25) is 0 Å². The maximum Gasteiger partial charge on any atom is 0.148 e. The Labute approximate surface area is 104 Å². The lowest BCUT2D eigenvalue weighted by Gasteiger charge is -2.08. The highest BCUT2D eigenvalue weighted by Gasteiger charge is 2.19. The minimum absolute atomic E-state index is 0. The van der Waals surface area contributed by atoms with Gasteiger partial charge in [-0.15, -0.1) is 12.4 Å². The molecule has 0 saturated carbocycles. The lowest BCUT2D eigenvalue weighted by Crippen LogP contribution is -2.16. The highest BCUT2D eigenvalue weighted by molar-refractivity contribution is 7.85. The van der Waals surface area contributed by atoms with E-state index in [1.54, 1.807) is 12.4 Å². The van der Waals surface area contributed by atoms with Gasteiger partial charge in [0.1, 0.15) is 5.03 Å².